The quantitative estimate of drug-likeness (QED) is 0.684. The molecule has 1 aromatic rings. The van der Waals surface area contributed by atoms with E-state index in [9.17, 15) is 0 Å². The summed E-state index contributed by atoms with van der Waals surface area (Å²) in [5.41, 5.74) is 2.51. The summed E-state index contributed by atoms with van der Waals surface area (Å²) in [7, 11) is 0. The normalized spacial score (nSPS) is 12.5. The Morgan fingerprint density at radius 1 is 1.27 bits per heavy atom. The Kier molecular flexibility index (Phi) is 4.97. The van der Waals surface area contributed by atoms with Crippen LogP contribution in [0.15, 0.2) is 24.3 Å². The lowest BCUT2D eigenvalue weighted by molar-refractivity contribution is 0.628. The number of anilines is 1. The molecule has 0 aliphatic heterocycles. The maximum absolute atomic E-state index is 5.95. The molecule has 0 aliphatic rings. The van der Waals surface area contributed by atoms with Gasteiger partial charge in [0.15, 0.2) is 0 Å². The van der Waals surface area contributed by atoms with E-state index in [1.165, 1.54) is 11.3 Å². The zero-order valence-electron chi connectivity index (χ0n) is 9.83. The van der Waals surface area contributed by atoms with Crippen molar-refractivity contribution in [1.29, 1.82) is 0 Å². The Balaban J connectivity index is 3.00. The number of rotatable bonds is 5. The SMILES string of the molecule is CCC(C)N(CC)c1ccccc1CCl. The van der Waals surface area contributed by atoms with Crippen LogP contribution in [-0.2, 0) is 5.88 Å². The van der Waals surface area contributed by atoms with Crippen LogP contribution in [-0.4, -0.2) is 12.6 Å². The van der Waals surface area contributed by atoms with Crippen molar-refractivity contribution in [2.24, 2.45) is 0 Å². The molecule has 0 aromatic heterocycles. The monoisotopic (exact) mass is 225 g/mol. The van der Waals surface area contributed by atoms with E-state index in [0.29, 0.717) is 11.9 Å². The summed E-state index contributed by atoms with van der Waals surface area (Å²) in [5.74, 6) is 0.586. The van der Waals surface area contributed by atoms with Gasteiger partial charge in [-0.15, -0.1) is 11.6 Å². The van der Waals surface area contributed by atoms with E-state index in [2.05, 4.69) is 43.9 Å². The van der Waals surface area contributed by atoms with Crippen LogP contribution in [0.2, 0.25) is 0 Å². The number of alkyl halides is 1. The predicted molar refractivity (Wildman–Crippen MR) is 68.8 cm³/mol. The number of hydrogen-bond donors (Lipinski definition) is 0. The largest absolute Gasteiger partial charge is 0.369 e. The molecule has 0 bridgehead atoms. The Labute approximate surface area is 98.0 Å². The first-order chi connectivity index (χ1) is 7.24. The van der Waals surface area contributed by atoms with E-state index in [1.54, 1.807) is 0 Å². The van der Waals surface area contributed by atoms with Crippen molar-refractivity contribution < 1.29 is 0 Å². The standard InChI is InChI=1S/C13H20ClN/c1-4-11(3)15(5-2)13-9-7-6-8-12(13)10-14/h6-9,11H,4-5,10H2,1-3H3. The fraction of sp³-hybridized carbons (Fsp3) is 0.538. The van der Waals surface area contributed by atoms with Crippen molar-refractivity contribution in [3.8, 4) is 0 Å². The van der Waals surface area contributed by atoms with Gasteiger partial charge in [-0.3, -0.25) is 0 Å². The summed E-state index contributed by atoms with van der Waals surface area (Å²) in [6.07, 6.45) is 1.16. The van der Waals surface area contributed by atoms with Crippen molar-refractivity contribution in [2.45, 2.75) is 39.1 Å². The minimum Gasteiger partial charge on any atom is -0.369 e. The topological polar surface area (TPSA) is 3.24 Å². The molecule has 0 spiro atoms. The molecule has 0 heterocycles. The number of halogens is 1. The number of hydrogen-bond acceptors (Lipinski definition) is 1. The first kappa shape index (κ1) is 12.4. The predicted octanol–water partition coefficient (Wildman–Crippen LogP) is 4.05. The van der Waals surface area contributed by atoms with Gasteiger partial charge in [0.25, 0.3) is 0 Å². The average Bonchev–Trinajstić information content (AvgIpc) is 2.30. The fourth-order valence-corrected chi connectivity index (χ4v) is 2.07. The van der Waals surface area contributed by atoms with Crippen LogP contribution in [0.25, 0.3) is 0 Å². The highest BCUT2D eigenvalue weighted by molar-refractivity contribution is 6.17. The van der Waals surface area contributed by atoms with Crippen LogP contribution in [0, 0.1) is 0 Å². The third-order valence-corrected chi connectivity index (χ3v) is 3.20. The minimum atomic E-state index is 0.569. The summed E-state index contributed by atoms with van der Waals surface area (Å²) in [6, 6.07) is 8.96. The molecule has 1 atom stereocenters. The molecular formula is C13H20ClN. The molecular weight excluding hydrogens is 206 g/mol. The molecule has 1 aromatic carbocycles. The van der Waals surface area contributed by atoms with Gasteiger partial charge in [0.2, 0.25) is 0 Å². The average molecular weight is 226 g/mol. The molecule has 0 radical (unpaired) electrons. The zero-order chi connectivity index (χ0) is 11.3. The van der Waals surface area contributed by atoms with Crippen molar-refractivity contribution in [3.63, 3.8) is 0 Å². The lowest BCUT2D eigenvalue weighted by Gasteiger charge is -2.31. The second-order valence-corrected chi connectivity index (χ2v) is 4.07. The number of benzene rings is 1. The minimum absolute atomic E-state index is 0.569. The molecule has 0 aliphatic carbocycles. The Hall–Kier alpha value is -0.690. The van der Waals surface area contributed by atoms with Crippen LogP contribution in [0.5, 0.6) is 0 Å². The highest BCUT2D eigenvalue weighted by atomic mass is 35.5. The molecule has 0 N–H and O–H groups in total. The summed E-state index contributed by atoms with van der Waals surface area (Å²) < 4.78 is 0. The van der Waals surface area contributed by atoms with Crippen LogP contribution >= 0.6 is 11.6 Å². The molecule has 2 heteroatoms. The van der Waals surface area contributed by atoms with Crippen LogP contribution in [0.3, 0.4) is 0 Å². The van der Waals surface area contributed by atoms with Crippen LogP contribution in [0.1, 0.15) is 32.8 Å². The zero-order valence-corrected chi connectivity index (χ0v) is 10.6. The third kappa shape index (κ3) is 2.88. The van der Waals surface area contributed by atoms with Gasteiger partial charge in [0.05, 0.1) is 0 Å². The van der Waals surface area contributed by atoms with E-state index < -0.39 is 0 Å². The van der Waals surface area contributed by atoms with E-state index in [0.717, 1.165) is 13.0 Å². The molecule has 0 saturated heterocycles. The lowest BCUT2D eigenvalue weighted by atomic mass is 10.1. The second-order valence-electron chi connectivity index (χ2n) is 3.81. The molecule has 0 saturated carbocycles. The van der Waals surface area contributed by atoms with Crippen molar-refractivity contribution in [3.05, 3.63) is 29.8 Å². The van der Waals surface area contributed by atoms with E-state index >= 15 is 0 Å². The first-order valence-electron chi connectivity index (χ1n) is 5.65. The van der Waals surface area contributed by atoms with Crippen molar-refractivity contribution in [2.75, 3.05) is 11.4 Å². The lowest BCUT2D eigenvalue weighted by Crippen LogP contribution is -2.32. The smallest absolute Gasteiger partial charge is 0.0494 e. The van der Waals surface area contributed by atoms with E-state index in [-0.39, 0.29) is 0 Å². The summed E-state index contributed by atoms with van der Waals surface area (Å²) in [4.78, 5) is 2.41. The maximum atomic E-state index is 5.95. The molecule has 84 valence electrons. The van der Waals surface area contributed by atoms with E-state index in [4.69, 9.17) is 11.6 Å². The number of para-hydroxylation sites is 1. The van der Waals surface area contributed by atoms with Crippen LogP contribution in [0.4, 0.5) is 5.69 Å². The fourth-order valence-electron chi connectivity index (χ4n) is 1.84. The first-order valence-corrected chi connectivity index (χ1v) is 6.18. The van der Waals surface area contributed by atoms with Crippen molar-refractivity contribution >= 4 is 17.3 Å². The summed E-state index contributed by atoms with van der Waals surface area (Å²) >= 11 is 5.95. The second kappa shape index (κ2) is 6.02. The van der Waals surface area contributed by atoms with Gasteiger partial charge in [-0.1, -0.05) is 25.1 Å². The molecule has 15 heavy (non-hydrogen) atoms. The molecule has 1 nitrogen and oxygen atoms in total. The van der Waals surface area contributed by atoms with Crippen molar-refractivity contribution in [1.82, 2.24) is 0 Å². The van der Waals surface area contributed by atoms with Crippen LogP contribution < -0.4 is 4.90 Å². The Morgan fingerprint density at radius 2 is 1.93 bits per heavy atom. The molecule has 0 fully saturated rings. The highest BCUT2D eigenvalue weighted by Crippen LogP contribution is 2.24. The van der Waals surface area contributed by atoms with Gasteiger partial charge < -0.3 is 4.90 Å². The Bertz CT molecular complexity index is 298. The van der Waals surface area contributed by atoms with E-state index in [1.807, 2.05) is 6.07 Å². The molecule has 1 unspecified atom stereocenters. The molecule has 0 amide bonds. The number of nitrogens with zero attached hydrogens (tertiary/aromatic N) is 1. The van der Waals surface area contributed by atoms with Gasteiger partial charge >= 0.3 is 0 Å². The van der Waals surface area contributed by atoms with Gasteiger partial charge in [-0.2, -0.15) is 0 Å². The van der Waals surface area contributed by atoms with Gasteiger partial charge in [0, 0.05) is 24.2 Å². The van der Waals surface area contributed by atoms with Gasteiger partial charge in [-0.25, -0.2) is 0 Å². The summed E-state index contributed by atoms with van der Waals surface area (Å²) in [5, 5.41) is 0. The Morgan fingerprint density at radius 3 is 2.47 bits per heavy atom. The summed E-state index contributed by atoms with van der Waals surface area (Å²) in [6.45, 7) is 7.70. The van der Waals surface area contributed by atoms with Gasteiger partial charge in [0.1, 0.15) is 0 Å². The maximum Gasteiger partial charge on any atom is 0.0494 e. The molecule has 1 rings (SSSR count). The third-order valence-electron chi connectivity index (χ3n) is 2.91. The van der Waals surface area contributed by atoms with Gasteiger partial charge in [-0.05, 0) is 31.9 Å². The highest BCUT2D eigenvalue weighted by Gasteiger charge is 2.13.